The standard InChI is InChI=1S/C15H19Cl2NO3/c1-19-6-7-21-9-8-20-5-4-18-3-2-13-14(17)10-12(16)11-15(13)18/h2-3,10-11H,4-9H2,1H3. The number of ether oxygens (including phenoxy) is 3. The molecule has 0 amide bonds. The van der Waals surface area contributed by atoms with Crippen LogP contribution in [0.3, 0.4) is 0 Å². The van der Waals surface area contributed by atoms with Gasteiger partial charge in [0, 0.05) is 30.3 Å². The van der Waals surface area contributed by atoms with Gasteiger partial charge in [-0.15, -0.1) is 0 Å². The zero-order chi connectivity index (χ0) is 15.1. The molecule has 0 bridgehead atoms. The van der Waals surface area contributed by atoms with E-state index in [0.717, 1.165) is 17.4 Å². The first-order chi connectivity index (χ1) is 10.2. The molecule has 0 atom stereocenters. The quantitative estimate of drug-likeness (QED) is 0.658. The predicted octanol–water partition coefficient (Wildman–Crippen LogP) is 3.63. The van der Waals surface area contributed by atoms with Gasteiger partial charge in [0.2, 0.25) is 0 Å². The molecule has 1 aromatic heterocycles. The predicted molar refractivity (Wildman–Crippen MR) is 85.5 cm³/mol. The summed E-state index contributed by atoms with van der Waals surface area (Å²) in [6.45, 7) is 3.72. The number of benzene rings is 1. The van der Waals surface area contributed by atoms with Crippen molar-refractivity contribution in [2.24, 2.45) is 0 Å². The summed E-state index contributed by atoms with van der Waals surface area (Å²) in [6.07, 6.45) is 1.99. The van der Waals surface area contributed by atoms with Crippen LogP contribution in [-0.4, -0.2) is 44.7 Å². The second-order valence-corrected chi connectivity index (χ2v) is 5.39. The highest BCUT2D eigenvalue weighted by atomic mass is 35.5. The van der Waals surface area contributed by atoms with E-state index in [1.54, 1.807) is 13.2 Å². The van der Waals surface area contributed by atoms with E-state index in [1.165, 1.54) is 0 Å². The van der Waals surface area contributed by atoms with E-state index in [-0.39, 0.29) is 0 Å². The van der Waals surface area contributed by atoms with Crippen LogP contribution in [0.15, 0.2) is 24.4 Å². The van der Waals surface area contributed by atoms with Gasteiger partial charge in [0.25, 0.3) is 0 Å². The summed E-state index contributed by atoms with van der Waals surface area (Å²) in [5, 5.41) is 2.31. The van der Waals surface area contributed by atoms with Crippen LogP contribution in [0.25, 0.3) is 10.9 Å². The lowest BCUT2D eigenvalue weighted by Gasteiger charge is -2.08. The van der Waals surface area contributed by atoms with Crippen LogP contribution in [0.4, 0.5) is 0 Å². The average Bonchev–Trinajstić information content (AvgIpc) is 2.85. The van der Waals surface area contributed by atoms with Crippen molar-refractivity contribution in [3.05, 3.63) is 34.4 Å². The molecule has 0 saturated carbocycles. The molecule has 21 heavy (non-hydrogen) atoms. The maximum absolute atomic E-state index is 6.16. The Hall–Kier alpha value is -0.780. The lowest BCUT2D eigenvalue weighted by atomic mass is 10.2. The molecule has 116 valence electrons. The van der Waals surface area contributed by atoms with E-state index < -0.39 is 0 Å². The fourth-order valence-corrected chi connectivity index (χ4v) is 2.59. The molecular formula is C15H19Cl2NO3. The van der Waals surface area contributed by atoms with Crippen LogP contribution in [-0.2, 0) is 20.8 Å². The van der Waals surface area contributed by atoms with Gasteiger partial charge in [0.15, 0.2) is 0 Å². The van der Waals surface area contributed by atoms with E-state index >= 15 is 0 Å². The summed E-state index contributed by atoms with van der Waals surface area (Å²) in [6, 6.07) is 5.65. The number of halogens is 2. The number of fused-ring (bicyclic) bond motifs is 1. The van der Waals surface area contributed by atoms with E-state index in [0.29, 0.717) is 43.1 Å². The van der Waals surface area contributed by atoms with Crippen molar-refractivity contribution in [1.82, 2.24) is 4.57 Å². The number of hydrogen-bond acceptors (Lipinski definition) is 3. The van der Waals surface area contributed by atoms with Crippen molar-refractivity contribution < 1.29 is 14.2 Å². The molecular weight excluding hydrogens is 313 g/mol. The van der Waals surface area contributed by atoms with Gasteiger partial charge in [-0.3, -0.25) is 0 Å². The second kappa shape index (κ2) is 8.61. The zero-order valence-electron chi connectivity index (χ0n) is 12.0. The van der Waals surface area contributed by atoms with Crippen LogP contribution in [0.5, 0.6) is 0 Å². The molecule has 0 aliphatic carbocycles. The summed E-state index contributed by atoms with van der Waals surface area (Å²) < 4.78 is 17.8. The molecule has 0 spiro atoms. The minimum Gasteiger partial charge on any atom is -0.382 e. The van der Waals surface area contributed by atoms with Crippen molar-refractivity contribution >= 4 is 34.1 Å². The van der Waals surface area contributed by atoms with Crippen molar-refractivity contribution in [2.75, 3.05) is 40.1 Å². The third-order valence-electron chi connectivity index (χ3n) is 3.08. The highest BCUT2D eigenvalue weighted by Crippen LogP contribution is 2.28. The van der Waals surface area contributed by atoms with Crippen LogP contribution in [0.2, 0.25) is 10.0 Å². The first kappa shape index (κ1) is 16.6. The van der Waals surface area contributed by atoms with E-state index in [9.17, 15) is 0 Å². The molecule has 0 radical (unpaired) electrons. The average molecular weight is 332 g/mol. The Balaban J connectivity index is 1.76. The van der Waals surface area contributed by atoms with E-state index in [4.69, 9.17) is 37.4 Å². The van der Waals surface area contributed by atoms with Crippen LogP contribution in [0.1, 0.15) is 0 Å². The number of methoxy groups -OCH3 is 1. The first-order valence-electron chi connectivity index (χ1n) is 6.80. The van der Waals surface area contributed by atoms with Gasteiger partial charge < -0.3 is 18.8 Å². The van der Waals surface area contributed by atoms with Gasteiger partial charge in [0.05, 0.1) is 43.6 Å². The molecule has 4 nitrogen and oxygen atoms in total. The Morgan fingerprint density at radius 3 is 2.48 bits per heavy atom. The normalized spacial score (nSPS) is 11.4. The van der Waals surface area contributed by atoms with Crippen LogP contribution < -0.4 is 0 Å². The van der Waals surface area contributed by atoms with Gasteiger partial charge in [-0.25, -0.2) is 0 Å². The summed E-state index contributed by atoms with van der Waals surface area (Å²) in [5.41, 5.74) is 1.02. The summed E-state index contributed by atoms with van der Waals surface area (Å²) >= 11 is 12.2. The minimum absolute atomic E-state index is 0.574. The Morgan fingerprint density at radius 2 is 1.71 bits per heavy atom. The summed E-state index contributed by atoms with van der Waals surface area (Å²) in [7, 11) is 1.65. The summed E-state index contributed by atoms with van der Waals surface area (Å²) in [5.74, 6) is 0. The SMILES string of the molecule is COCCOCCOCCn1ccc2c(Cl)cc(Cl)cc21. The largest absolute Gasteiger partial charge is 0.382 e. The third-order valence-corrected chi connectivity index (χ3v) is 3.61. The molecule has 0 N–H and O–H groups in total. The van der Waals surface area contributed by atoms with Crippen molar-refractivity contribution in [3.8, 4) is 0 Å². The van der Waals surface area contributed by atoms with Crippen molar-refractivity contribution in [2.45, 2.75) is 6.54 Å². The lowest BCUT2D eigenvalue weighted by Crippen LogP contribution is -2.11. The number of nitrogens with zero attached hydrogens (tertiary/aromatic N) is 1. The Morgan fingerprint density at radius 1 is 1.00 bits per heavy atom. The monoisotopic (exact) mass is 331 g/mol. The molecule has 2 rings (SSSR count). The molecule has 6 heteroatoms. The van der Waals surface area contributed by atoms with E-state index in [1.807, 2.05) is 18.3 Å². The Labute approximate surface area is 134 Å². The molecule has 2 aromatic rings. The Kier molecular flexibility index (Phi) is 6.80. The number of aromatic nitrogens is 1. The molecule has 1 heterocycles. The second-order valence-electron chi connectivity index (χ2n) is 4.55. The zero-order valence-corrected chi connectivity index (χ0v) is 13.5. The fraction of sp³-hybridized carbons (Fsp3) is 0.467. The van der Waals surface area contributed by atoms with Crippen molar-refractivity contribution in [1.29, 1.82) is 0 Å². The van der Waals surface area contributed by atoms with Gasteiger partial charge in [-0.1, -0.05) is 23.2 Å². The molecule has 0 unspecified atom stereocenters. The third kappa shape index (κ3) is 4.87. The smallest absolute Gasteiger partial charge is 0.0701 e. The van der Waals surface area contributed by atoms with E-state index in [2.05, 4.69) is 4.57 Å². The Bertz CT molecular complexity index is 571. The minimum atomic E-state index is 0.574. The topological polar surface area (TPSA) is 32.6 Å². The number of hydrogen-bond donors (Lipinski definition) is 0. The fourth-order valence-electron chi connectivity index (χ4n) is 2.04. The molecule has 0 saturated heterocycles. The maximum Gasteiger partial charge on any atom is 0.0701 e. The lowest BCUT2D eigenvalue weighted by molar-refractivity contribution is 0.0232. The highest BCUT2D eigenvalue weighted by Gasteiger charge is 2.06. The first-order valence-corrected chi connectivity index (χ1v) is 7.56. The molecule has 1 aromatic carbocycles. The van der Waals surface area contributed by atoms with Gasteiger partial charge >= 0.3 is 0 Å². The summed E-state index contributed by atoms with van der Waals surface area (Å²) in [4.78, 5) is 0. The molecule has 0 fully saturated rings. The van der Waals surface area contributed by atoms with Crippen molar-refractivity contribution in [3.63, 3.8) is 0 Å². The van der Waals surface area contributed by atoms with Gasteiger partial charge in [-0.05, 0) is 18.2 Å². The number of rotatable bonds is 9. The van der Waals surface area contributed by atoms with Gasteiger partial charge in [0.1, 0.15) is 0 Å². The van der Waals surface area contributed by atoms with Crippen LogP contribution in [0, 0.1) is 0 Å². The molecule has 0 aliphatic heterocycles. The van der Waals surface area contributed by atoms with Gasteiger partial charge in [-0.2, -0.15) is 0 Å². The molecule has 0 aliphatic rings. The maximum atomic E-state index is 6.16. The van der Waals surface area contributed by atoms with Crippen LogP contribution >= 0.6 is 23.2 Å². The highest BCUT2D eigenvalue weighted by molar-refractivity contribution is 6.38.